The standard InChI is InChI=1S/C14H22N2O2/c1-4-13(15)14(17)16-10(3)11-6-8-12(9-7-11)18-5-2/h6-10,13H,4-5,15H2,1-3H3,(H,16,17). The van der Waals surface area contributed by atoms with Crippen molar-refractivity contribution < 1.29 is 9.53 Å². The van der Waals surface area contributed by atoms with Gasteiger partial charge in [0, 0.05) is 0 Å². The lowest BCUT2D eigenvalue weighted by atomic mass is 10.1. The second kappa shape index (κ2) is 7.01. The van der Waals surface area contributed by atoms with Crippen LogP contribution in [0, 0.1) is 0 Å². The molecule has 0 radical (unpaired) electrons. The summed E-state index contributed by atoms with van der Waals surface area (Å²) in [6.45, 7) is 6.43. The topological polar surface area (TPSA) is 64.3 Å². The van der Waals surface area contributed by atoms with E-state index in [-0.39, 0.29) is 11.9 Å². The number of nitrogens with two attached hydrogens (primary N) is 1. The zero-order chi connectivity index (χ0) is 13.5. The molecule has 0 aliphatic carbocycles. The smallest absolute Gasteiger partial charge is 0.237 e. The molecule has 4 heteroatoms. The first-order chi connectivity index (χ1) is 8.58. The minimum Gasteiger partial charge on any atom is -0.494 e. The van der Waals surface area contributed by atoms with Crippen LogP contribution in [0.2, 0.25) is 0 Å². The van der Waals surface area contributed by atoms with Gasteiger partial charge in [0.2, 0.25) is 5.91 Å². The maximum Gasteiger partial charge on any atom is 0.237 e. The minimum atomic E-state index is -0.435. The summed E-state index contributed by atoms with van der Waals surface area (Å²) in [5.41, 5.74) is 6.71. The molecule has 3 N–H and O–H groups in total. The molecule has 1 aromatic rings. The number of carbonyl (C=O) groups excluding carboxylic acids is 1. The van der Waals surface area contributed by atoms with Gasteiger partial charge in [-0.05, 0) is 38.0 Å². The van der Waals surface area contributed by atoms with Crippen molar-refractivity contribution in [2.45, 2.75) is 39.3 Å². The van der Waals surface area contributed by atoms with Crippen LogP contribution < -0.4 is 15.8 Å². The molecule has 0 saturated heterocycles. The van der Waals surface area contributed by atoms with Gasteiger partial charge in [0.15, 0.2) is 0 Å². The Kier molecular flexibility index (Phi) is 5.65. The lowest BCUT2D eigenvalue weighted by molar-refractivity contribution is -0.123. The van der Waals surface area contributed by atoms with Crippen LogP contribution in [-0.2, 0) is 4.79 Å². The Labute approximate surface area is 109 Å². The molecule has 2 atom stereocenters. The third kappa shape index (κ3) is 4.04. The largest absolute Gasteiger partial charge is 0.494 e. The second-order valence-electron chi connectivity index (χ2n) is 4.25. The van der Waals surface area contributed by atoms with Gasteiger partial charge in [-0.3, -0.25) is 4.79 Å². The molecular weight excluding hydrogens is 228 g/mol. The summed E-state index contributed by atoms with van der Waals surface area (Å²) in [7, 11) is 0. The predicted octanol–water partition coefficient (Wildman–Crippen LogP) is 2.00. The zero-order valence-corrected chi connectivity index (χ0v) is 11.3. The molecule has 100 valence electrons. The van der Waals surface area contributed by atoms with E-state index in [0.717, 1.165) is 11.3 Å². The molecule has 1 rings (SSSR count). The Hall–Kier alpha value is -1.55. The summed E-state index contributed by atoms with van der Waals surface area (Å²) in [4.78, 5) is 11.7. The van der Waals surface area contributed by atoms with Gasteiger partial charge in [0.05, 0.1) is 18.7 Å². The third-order valence-electron chi connectivity index (χ3n) is 2.83. The van der Waals surface area contributed by atoms with E-state index >= 15 is 0 Å². The summed E-state index contributed by atoms with van der Waals surface area (Å²) in [6, 6.07) is 7.23. The summed E-state index contributed by atoms with van der Waals surface area (Å²) in [6.07, 6.45) is 0.641. The van der Waals surface area contributed by atoms with Gasteiger partial charge in [-0.2, -0.15) is 0 Å². The van der Waals surface area contributed by atoms with Crippen molar-refractivity contribution in [3.05, 3.63) is 29.8 Å². The second-order valence-corrected chi connectivity index (χ2v) is 4.25. The van der Waals surface area contributed by atoms with Crippen molar-refractivity contribution in [3.63, 3.8) is 0 Å². The van der Waals surface area contributed by atoms with Crippen molar-refractivity contribution in [3.8, 4) is 5.75 Å². The molecule has 1 amide bonds. The van der Waals surface area contributed by atoms with E-state index in [4.69, 9.17) is 10.5 Å². The number of ether oxygens (including phenoxy) is 1. The Morgan fingerprint density at radius 2 is 1.94 bits per heavy atom. The average molecular weight is 250 g/mol. The molecule has 2 unspecified atom stereocenters. The average Bonchev–Trinajstić information content (AvgIpc) is 2.38. The van der Waals surface area contributed by atoms with E-state index in [1.165, 1.54) is 0 Å². The maximum absolute atomic E-state index is 11.7. The van der Waals surface area contributed by atoms with Crippen LogP contribution in [0.1, 0.15) is 38.8 Å². The van der Waals surface area contributed by atoms with Crippen LogP contribution in [0.3, 0.4) is 0 Å². The molecule has 4 nitrogen and oxygen atoms in total. The SMILES string of the molecule is CCOc1ccc(C(C)NC(=O)C(N)CC)cc1. The maximum atomic E-state index is 11.7. The molecule has 0 aliphatic heterocycles. The van der Waals surface area contributed by atoms with Gasteiger partial charge in [-0.1, -0.05) is 19.1 Å². The van der Waals surface area contributed by atoms with E-state index in [1.807, 2.05) is 45.0 Å². The van der Waals surface area contributed by atoms with E-state index < -0.39 is 6.04 Å². The molecule has 0 spiro atoms. The van der Waals surface area contributed by atoms with Crippen molar-refractivity contribution in [2.24, 2.45) is 5.73 Å². The number of hydrogen-bond acceptors (Lipinski definition) is 3. The Bertz CT molecular complexity index is 376. The normalized spacial score (nSPS) is 13.8. The van der Waals surface area contributed by atoms with E-state index in [0.29, 0.717) is 13.0 Å². The highest BCUT2D eigenvalue weighted by Gasteiger charge is 2.14. The van der Waals surface area contributed by atoms with Crippen molar-refractivity contribution in [1.29, 1.82) is 0 Å². The number of benzene rings is 1. The van der Waals surface area contributed by atoms with E-state index in [9.17, 15) is 4.79 Å². The number of nitrogens with one attached hydrogen (secondary N) is 1. The van der Waals surface area contributed by atoms with Crippen LogP contribution in [0.25, 0.3) is 0 Å². The van der Waals surface area contributed by atoms with Crippen LogP contribution >= 0.6 is 0 Å². The van der Waals surface area contributed by atoms with Crippen LogP contribution in [0.4, 0.5) is 0 Å². The fraction of sp³-hybridized carbons (Fsp3) is 0.500. The third-order valence-corrected chi connectivity index (χ3v) is 2.83. The van der Waals surface area contributed by atoms with Gasteiger partial charge in [0.25, 0.3) is 0 Å². The Morgan fingerprint density at radius 3 is 2.44 bits per heavy atom. The number of rotatable bonds is 6. The first-order valence-electron chi connectivity index (χ1n) is 6.37. The lowest BCUT2D eigenvalue weighted by Gasteiger charge is -2.17. The van der Waals surface area contributed by atoms with Gasteiger partial charge in [0.1, 0.15) is 5.75 Å². The first-order valence-corrected chi connectivity index (χ1v) is 6.37. The molecule has 0 saturated carbocycles. The van der Waals surface area contributed by atoms with Crippen LogP contribution in [0.15, 0.2) is 24.3 Å². The number of amides is 1. The van der Waals surface area contributed by atoms with Gasteiger partial charge < -0.3 is 15.8 Å². The predicted molar refractivity (Wildman–Crippen MR) is 72.4 cm³/mol. The van der Waals surface area contributed by atoms with Gasteiger partial charge >= 0.3 is 0 Å². The van der Waals surface area contributed by atoms with Crippen LogP contribution in [0.5, 0.6) is 5.75 Å². The van der Waals surface area contributed by atoms with Gasteiger partial charge in [-0.15, -0.1) is 0 Å². The molecule has 18 heavy (non-hydrogen) atoms. The quantitative estimate of drug-likeness (QED) is 0.811. The highest BCUT2D eigenvalue weighted by molar-refractivity contribution is 5.81. The van der Waals surface area contributed by atoms with Crippen molar-refractivity contribution in [1.82, 2.24) is 5.32 Å². The highest BCUT2D eigenvalue weighted by Crippen LogP contribution is 2.17. The molecular formula is C14H22N2O2. The summed E-state index contributed by atoms with van der Waals surface area (Å²) < 4.78 is 5.37. The molecule has 1 aromatic carbocycles. The molecule has 0 aromatic heterocycles. The molecule has 0 heterocycles. The lowest BCUT2D eigenvalue weighted by Crippen LogP contribution is -2.41. The monoisotopic (exact) mass is 250 g/mol. The zero-order valence-electron chi connectivity index (χ0n) is 11.3. The fourth-order valence-corrected chi connectivity index (χ4v) is 1.61. The van der Waals surface area contributed by atoms with Crippen molar-refractivity contribution >= 4 is 5.91 Å². The fourth-order valence-electron chi connectivity index (χ4n) is 1.61. The Morgan fingerprint density at radius 1 is 1.33 bits per heavy atom. The van der Waals surface area contributed by atoms with Crippen molar-refractivity contribution in [2.75, 3.05) is 6.61 Å². The number of carbonyl (C=O) groups is 1. The number of hydrogen-bond donors (Lipinski definition) is 2. The molecule has 0 aliphatic rings. The van der Waals surface area contributed by atoms with Crippen LogP contribution in [-0.4, -0.2) is 18.6 Å². The van der Waals surface area contributed by atoms with Gasteiger partial charge in [-0.25, -0.2) is 0 Å². The van der Waals surface area contributed by atoms with E-state index in [2.05, 4.69) is 5.32 Å². The summed E-state index contributed by atoms with van der Waals surface area (Å²) in [5, 5.41) is 2.89. The highest BCUT2D eigenvalue weighted by atomic mass is 16.5. The van der Waals surface area contributed by atoms with E-state index in [1.54, 1.807) is 0 Å². The minimum absolute atomic E-state index is 0.0502. The Balaban J connectivity index is 2.61. The first kappa shape index (κ1) is 14.5. The summed E-state index contributed by atoms with van der Waals surface area (Å²) in [5.74, 6) is 0.726. The molecule has 0 bridgehead atoms. The summed E-state index contributed by atoms with van der Waals surface area (Å²) >= 11 is 0. The molecule has 0 fully saturated rings.